The van der Waals surface area contributed by atoms with Crippen molar-refractivity contribution in [3.05, 3.63) is 59.3 Å². The number of ether oxygens (including phenoxy) is 3. The lowest BCUT2D eigenvalue weighted by molar-refractivity contribution is 0.184. The first-order chi connectivity index (χ1) is 13.1. The molecule has 1 aromatic carbocycles. The lowest BCUT2D eigenvalue weighted by Crippen LogP contribution is -2.03. The maximum Gasteiger partial charge on any atom is 0.164 e. The average Bonchev–Trinajstić information content (AvgIpc) is 2.67. The first-order valence-electron chi connectivity index (χ1n) is 8.23. The Morgan fingerprint density at radius 1 is 1.30 bits per heavy atom. The van der Waals surface area contributed by atoms with Gasteiger partial charge in [0.25, 0.3) is 0 Å². The molecule has 0 radical (unpaired) electrons. The van der Waals surface area contributed by atoms with Gasteiger partial charge in [-0.3, -0.25) is 5.43 Å². The zero-order chi connectivity index (χ0) is 19.6. The van der Waals surface area contributed by atoms with E-state index in [-0.39, 0.29) is 0 Å². The largest absolute Gasteiger partial charge is 0.493 e. The molecule has 0 fully saturated rings. The number of nitriles is 1. The highest BCUT2D eigenvalue weighted by Gasteiger charge is 2.11. The van der Waals surface area contributed by atoms with Gasteiger partial charge in [0.2, 0.25) is 0 Å². The van der Waals surface area contributed by atoms with Crippen molar-refractivity contribution in [1.29, 1.82) is 5.26 Å². The third-order valence-electron chi connectivity index (χ3n) is 3.57. The van der Waals surface area contributed by atoms with E-state index in [0.29, 0.717) is 36.1 Å². The smallest absolute Gasteiger partial charge is 0.164 e. The maximum atomic E-state index is 9.43. The van der Waals surface area contributed by atoms with Crippen molar-refractivity contribution in [2.24, 2.45) is 5.10 Å². The molecule has 0 aliphatic heterocycles. The first kappa shape index (κ1) is 19.9. The van der Waals surface area contributed by atoms with Crippen LogP contribution in [-0.4, -0.2) is 32.0 Å². The van der Waals surface area contributed by atoms with Crippen LogP contribution in [0.3, 0.4) is 0 Å². The molecule has 0 spiro atoms. The van der Waals surface area contributed by atoms with Crippen LogP contribution in [0.1, 0.15) is 22.4 Å². The van der Waals surface area contributed by atoms with Crippen molar-refractivity contribution >= 4 is 12.0 Å². The number of rotatable bonds is 9. The number of hydrogen-bond acceptors (Lipinski definition) is 7. The van der Waals surface area contributed by atoms with E-state index in [2.05, 4.69) is 28.2 Å². The molecule has 2 rings (SSSR count). The Labute approximate surface area is 158 Å². The maximum absolute atomic E-state index is 9.43. The van der Waals surface area contributed by atoms with Gasteiger partial charge in [0, 0.05) is 18.4 Å². The topological polar surface area (TPSA) is 88.8 Å². The number of anilines is 1. The predicted octanol–water partition coefficient (Wildman–Crippen LogP) is 3.43. The molecule has 0 saturated heterocycles. The Morgan fingerprint density at radius 3 is 2.78 bits per heavy atom. The minimum atomic E-state index is 0.327. The second-order valence-electron chi connectivity index (χ2n) is 5.57. The van der Waals surface area contributed by atoms with Crippen LogP contribution in [0.2, 0.25) is 0 Å². The number of aromatic nitrogens is 1. The van der Waals surface area contributed by atoms with E-state index in [0.717, 1.165) is 16.8 Å². The molecule has 140 valence electrons. The number of hydrogen-bond donors (Lipinski definition) is 1. The van der Waals surface area contributed by atoms with Gasteiger partial charge in [-0.05, 0) is 36.8 Å². The van der Waals surface area contributed by atoms with E-state index in [1.807, 2.05) is 19.1 Å². The Kier molecular flexibility index (Phi) is 7.35. The van der Waals surface area contributed by atoms with Crippen LogP contribution in [0.25, 0.3) is 0 Å². The molecule has 0 amide bonds. The van der Waals surface area contributed by atoms with Crippen LogP contribution < -0.4 is 14.9 Å². The van der Waals surface area contributed by atoms with E-state index < -0.39 is 0 Å². The second-order valence-corrected chi connectivity index (χ2v) is 5.57. The molecular weight excluding hydrogens is 344 g/mol. The molecule has 0 aliphatic rings. The van der Waals surface area contributed by atoms with Crippen LogP contribution in [0.4, 0.5) is 5.82 Å². The fraction of sp³-hybridized carbons (Fsp3) is 0.250. The van der Waals surface area contributed by atoms with Gasteiger partial charge in [-0.2, -0.15) is 10.4 Å². The summed E-state index contributed by atoms with van der Waals surface area (Å²) in [6.45, 7) is 6.19. The van der Waals surface area contributed by atoms with Gasteiger partial charge in [-0.1, -0.05) is 12.7 Å². The van der Waals surface area contributed by atoms with Crippen LogP contribution in [0.15, 0.2) is 42.0 Å². The number of nitrogens with one attached hydrogen (secondary N) is 1. The zero-order valence-electron chi connectivity index (χ0n) is 15.7. The summed E-state index contributed by atoms with van der Waals surface area (Å²) in [5.41, 5.74) is 5.57. The molecule has 7 nitrogen and oxygen atoms in total. The number of aryl methyl sites for hydroxylation is 1. The number of pyridine rings is 1. The van der Waals surface area contributed by atoms with Crippen LogP contribution >= 0.6 is 0 Å². The molecule has 0 unspecified atom stereocenters. The van der Waals surface area contributed by atoms with Crippen molar-refractivity contribution in [3.63, 3.8) is 0 Å². The highest BCUT2D eigenvalue weighted by molar-refractivity contribution is 5.81. The van der Waals surface area contributed by atoms with Gasteiger partial charge < -0.3 is 14.2 Å². The quantitative estimate of drug-likeness (QED) is 0.415. The van der Waals surface area contributed by atoms with Crippen molar-refractivity contribution in [2.75, 3.05) is 26.3 Å². The van der Waals surface area contributed by atoms with Gasteiger partial charge in [0.15, 0.2) is 17.3 Å². The second kappa shape index (κ2) is 9.94. The lowest BCUT2D eigenvalue weighted by atomic mass is 10.1. The summed E-state index contributed by atoms with van der Waals surface area (Å²) in [4.78, 5) is 4.34. The molecular formula is C20H22N4O3. The monoisotopic (exact) mass is 366 g/mol. The SMILES string of the molecule is C=CCOc1ccc(/C=N\Nc2nc(C)cc(COC)c2C#N)cc1OC. The van der Waals surface area contributed by atoms with E-state index in [4.69, 9.17) is 14.2 Å². The standard InChI is InChI=1S/C20H22N4O3/c1-5-8-27-18-7-6-15(10-19(18)26-4)12-22-24-20-17(11-21)16(13-25-3)9-14(2)23-20/h5-7,9-10,12H,1,8,13H2,2-4H3,(H,23,24)/b22-12-. The summed E-state index contributed by atoms with van der Waals surface area (Å²) in [5.74, 6) is 1.60. The first-order valence-corrected chi connectivity index (χ1v) is 8.23. The van der Waals surface area contributed by atoms with Crippen molar-refractivity contribution < 1.29 is 14.2 Å². The van der Waals surface area contributed by atoms with Crippen LogP contribution in [0, 0.1) is 18.3 Å². The Balaban J connectivity index is 2.20. The zero-order valence-corrected chi connectivity index (χ0v) is 15.7. The van der Waals surface area contributed by atoms with Crippen molar-refractivity contribution in [2.45, 2.75) is 13.5 Å². The van der Waals surface area contributed by atoms with E-state index in [9.17, 15) is 5.26 Å². The lowest BCUT2D eigenvalue weighted by Gasteiger charge is -2.10. The third-order valence-corrected chi connectivity index (χ3v) is 3.57. The van der Waals surface area contributed by atoms with Crippen LogP contribution in [-0.2, 0) is 11.3 Å². The molecule has 7 heteroatoms. The Morgan fingerprint density at radius 2 is 2.11 bits per heavy atom. The third kappa shape index (κ3) is 5.30. The highest BCUT2D eigenvalue weighted by Crippen LogP contribution is 2.27. The summed E-state index contributed by atoms with van der Waals surface area (Å²) >= 11 is 0. The minimum absolute atomic E-state index is 0.327. The van der Waals surface area contributed by atoms with Crippen molar-refractivity contribution in [3.8, 4) is 17.6 Å². The molecule has 27 heavy (non-hydrogen) atoms. The number of benzene rings is 1. The Bertz CT molecular complexity index is 872. The summed E-state index contributed by atoms with van der Waals surface area (Å²) in [6.07, 6.45) is 3.28. The van der Waals surface area contributed by atoms with Crippen molar-refractivity contribution in [1.82, 2.24) is 4.98 Å². The molecule has 1 aromatic heterocycles. The molecule has 2 aromatic rings. The highest BCUT2D eigenvalue weighted by atomic mass is 16.5. The average molecular weight is 366 g/mol. The summed E-state index contributed by atoms with van der Waals surface area (Å²) in [6, 6.07) is 9.41. The summed E-state index contributed by atoms with van der Waals surface area (Å²) < 4.78 is 16.0. The van der Waals surface area contributed by atoms with E-state index >= 15 is 0 Å². The minimum Gasteiger partial charge on any atom is -0.493 e. The normalized spacial score (nSPS) is 10.4. The fourth-order valence-corrected chi connectivity index (χ4v) is 2.42. The Hall–Kier alpha value is -3.37. The van der Waals surface area contributed by atoms with E-state index in [1.165, 1.54) is 0 Å². The molecule has 0 saturated carbocycles. The van der Waals surface area contributed by atoms with E-state index in [1.54, 1.807) is 38.6 Å². The molecule has 0 aliphatic carbocycles. The van der Waals surface area contributed by atoms with Gasteiger partial charge >= 0.3 is 0 Å². The number of nitrogens with zero attached hydrogens (tertiary/aromatic N) is 3. The number of methoxy groups -OCH3 is 2. The molecule has 1 heterocycles. The molecule has 1 N–H and O–H groups in total. The number of hydrazone groups is 1. The molecule has 0 bridgehead atoms. The van der Waals surface area contributed by atoms with Crippen LogP contribution in [0.5, 0.6) is 11.5 Å². The summed E-state index contributed by atoms with van der Waals surface area (Å²) in [7, 11) is 3.15. The van der Waals surface area contributed by atoms with Gasteiger partial charge in [-0.15, -0.1) is 0 Å². The predicted molar refractivity (Wildman–Crippen MR) is 104 cm³/mol. The fourth-order valence-electron chi connectivity index (χ4n) is 2.42. The molecule has 0 atom stereocenters. The van der Waals surface area contributed by atoms with Gasteiger partial charge in [-0.25, -0.2) is 4.98 Å². The van der Waals surface area contributed by atoms with Gasteiger partial charge in [0.1, 0.15) is 18.2 Å². The van der Waals surface area contributed by atoms with Gasteiger partial charge in [0.05, 0.1) is 19.9 Å². The summed E-state index contributed by atoms with van der Waals surface area (Å²) in [5, 5.41) is 13.6.